The van der Waals surface area contributed by atoms with Gasteiger partial charge in [0.15, 0.2) is 6.10 Å². The standard InChI is InChI=1S/C18H23FN2O3/c1-12-5-3-4-10-21(12)18(23)17-16(20(2)15(22)11-24-17)13-6-8-14(19)9-7-13/h6-9,12,16-17H,3-5,10-11H2,1-2H3. The van der Waals surface area contributed by atoms with Crippen molar-refractivity contribution in [3.8, 4) is 0 Å². The van der Waals surface area contributed by atoms with Gasteiger partial charge in [0.2, 0.25) is 5.91 Å². The number of amides is 2. The summed E-state index contributed by atoms with van der Waals surface area (Å²) >= 11 is 0. The number of hydrogen-bond donors (Lipinski definition) is 0. The number of halogens is 1. The van der Waals surface area contributed by atoms with Crippen LogP contribution in [-0.4, -0.2) is 54.0 Å². The number of morpholine rings is 1. The molecule has 5 nitrogen and oxygen atoms in total. The number of rotatable bonds is 2. The maximum absolute atomic E-state index is 13.2. The first-order chi connectivity index (χ1) is 11.5. The number of piperidine rings is 1. The van der Waals surface area contributed by atoms with Crippen LogP contribution in [0.4, 0.5) is 4.39 Å². The van der Waals surface area contributed by atoms with Crippen molar-refractivity contribution < 1.29 is 18.7 Å². The normalized spacial score (nSPS) is 28.1. The average molecular weight is 334 g/mol. The van der Waals surface area contributed by atoms with Crippen LogP contribution in [-0.2, 0) is 14.3 Å². The van der Waals surface area contributed by atoms with Gasteiger partial charge in [0.25, 0.3) is 5.91 Å². The molecular formula is C18H23FN2O3. The van der Waals surface area contributed by atoms with Crippen LogP contribution in [0.3, 0.4) is 0 Å². The first kappa shape index (κ1) is 16.9. The highest BCUT2D eigenvalue weighted by molar-refractivity contribution is 5.86. The second kappa shape index (κ2) is 6.89. The number of hydrogen-bond acceptors (Lipinski definition) is 3. The van der Waals surface area contributed by atoms with Gasteiger partial charge in [-0.3, -0.25) is 9.59 Å². The first-order valence-corrected chi connectivity index (χ1v) is 8.42. The zero-order valence-electron chi connectivity index (χ0n) is 14.1. The van der Waals surface area contributed by atoms with E-state index in [9.17, 15) is 14.0 Å². The van der Waals surface area contributed by atoms with E-state index >= 15 is 0 Å². The van der Waals surface area contributed by atoms with Crippen molar-refractivity contribution in [3.63, 3.8) is 0 Å². The van der Waals surface area contributed by atoms with E-state index in [1.165, 1.54) is 17.0 Å². The highest BCUT2D eigenvalue weighted by Gasteiger charge is 2.42. The maximum atomic E-state index is 13.2. The molecule has 2 aliphatic rings. The van der Waals surface area contributed by atoms with Gasteiger partial charge < -0.3 is 14.5 Å². The maximum Gasteiger partial charge on any atom is 0.254 e. The Hall–Kier alpha value is -1.95. The Morgan fingerprint density at radius 3 is 2.62 bits per heavy atom. The zero-order valence-corrected chi connectivity index (χ0v) is 14.1. The van der Waals surface area contributed by atoms with Gasteiger partial charge in [0.05, 0.1) is 6.04 Å². The predicted octanol–water partition coefficient (Wildman–Crippen LogP) is 2.12. The highest BCUT2D eigenvalue weighted by Crippen LogP contribution is 2.31. The summed E-state index contributed by atoms with van der Waals surface area (Å²) in [5.74, 6) is -0.618. The van der Waals surface area contributed by atoms with Gasteiger partial charge in [0, 0.05) is 19.6 Å². The second-order valence-corrected chi connectivity index (χ2v) is 6.61. The number of ether oxygens (including phenoxy) is 1. The average Bonchev–Trinajstić information content (AvgIpc) is 2.58. The van der Waals surface area contributed by atoms with E-state index < -0.39 is 12.1 Å². The van der Waals surface area contributed by atoms with Crippen LogP contribution in [0.1, 0.15) is 37.8 Å². The van der Waals surface area contributed by atoms with Crippen LogP contribution >= 0.6 is 0 Å². The summed E-state index contributed by atoms with van der Waals surface area (Å²) in [6.07, 6.45) is 2.34. The van der Waals surface area contributed by atoms with Gasteiger partial charge >= 0.3 is 0 Å². The molecule has 0 radical (unpaired) electrons. The van der Waals surface area contributed by atoms with Crippen LogP contribution in [0, 0.1) is 5.82 Å². The van der Waals surface area contributed by atoms with Crippen molar-refractivity contribution in [2.24, 2.45) is 0 Å². The summed E-state index contributed by atoms with van der Waals surface area (Å²) in [7, 11) is 1.67. The van der Waals surface area contributed by atoms with Gasteiger partial charge in [-0.1, -0.05) is 12.1 Å². The van der Waals surface area contributed by atoms with E-state index in [1.54, 1.807) is 19.2 Å². The number of carbonyl (C=O) groups excluding carboxylic acids is 2. The lowest BCUT2D eigenvalue weighted by Gasteiger charge is -2.42. The molecule has 1 aromatic rings. The topological polar surface area (TPSA) is 49.9 Å². The van der Waals surface area contributed by atoms with Gasteiger partial charge in [-0.15, -0.1) is 0 Å². The van der Waals surface area contributed by atoms with Gasteiger partial charge in [-0.05, 0) is 43.9 Å². The van der Waals surface area contributed by atoms with Crippen molar-refractivity contribution in [1.82, 2.24) is 9.80 Å². The Labute approximate surface area is 141 Å². The molecule has 3 rings (SSSR count). The minimum Gasteiger partial charge on any atom is -0.356 e. The summed E-state index contributed by atoms with van der Waals surface area (Å²) in [6.45, 7) is 2.65. The molecule has 2 saturated heterocycles. The third-order valence-electron chi connectivity index (χ3n) is 5.02. The number of likely N-dealkylation sites (tertiary alicyclic amines) is 1. The van der Waals surface area contributed by atoms with Crippen LogP contribution in [0.5, 0.6) is 0 Å². The minimum atomic E-state index is -0.751. The molecule has 2 heterocycles. The number of nitrogens with zero attached hydrogens (tertiary/aromatic N) is 2. The molecule has 130 valence electrons. The molecule has 3 unspecified atom stereocenters. The smallest absolute Gasteiger partial charge is 0.254 e. The molecule has 2 amide bonds. The molecule has 0 spiro atoms. The quantitative estimate of drug-likeness (QED) is 0.832. The number of benzene rings is 1. The Morgan fingerprint density at radius 1 is 1.25 bits per heavy atom. The fourth-order valence-electron chi connectivity index (χ4n) is 3.57. The Kier molecular flexibility index (Phi) is 4.85. The number of carbonyl (C=O) groups is 2. The zero-order chi connectivity index (χ0) is 17.3. The lowest BCUT2D eigenvalue weighted by Crippen LogP contribution is -2.56. The van der Waals surface area contributed by atoms with E-state index in [0.29, 0.717) is 12.1 Å². The lowest BCUT2D eigenvalue weighted by atomic mass is 9.95. The molecule has 24 heavy (non-hydrogen) atoms. The molecule has 2 aliphatic heterocycles. The molecule has 6 heteroatoms. The van der Waals surface area contributed by atoms with Crippen molar-refractivity contribution >= 4 is 11.8 Å². The fraction of sp³-hybridized carbons (Fsp3) is 0.556. The largest absolute Gasteiger partial charge is 0.356 e. The summed E-state index contributed by atoms with van der Waals surface area (Å²) in [4.78, 5) is 28.5. The van der Waals surface area contributed by atoms with Crippen molar-refractivity contribution in [3.05, 3.63) is 35.6 Å². The first-order valence-electron chi connectivity index (χ1n) is 8.42. The minimum absolute atomic E-state index is 0.0872. The van der Waals surface area contributed by atoms with E-state index in [2.05, 4.69) is 0 Å². The summed E-state index contributed by atoms with van der Waals surface area (Å²) in [5.41, 5.74) is 0.704. The van der Waals surface area contributed by atoms with Crippen LogP contribution < -0.4 is 0 Å². The monoisotopic (exact) mass is 334 g/mol. The Balaban J connectivity index is 1.89. The molecule has 1 aromatic carbocycles. The van der Waals surface area contributed by atoms with E-state index in [0.717, 1.165) is 19.3 Å². The van der Waals surface area contributed by atoms with Gasteiger partial charge in [-0.25, -0.2) is 4.39 Å². The van der Waals surface area contributed by atoms with Crippen molar-refractivity contribution in [2.75, 3.05) is 20.2 Å². The van der Waals surface area contributed by atoms with Gasteiger partial charge in [0.1, 0.15) is 12.4 Å². The van der Waals surface area contributed by atoms with Crippen molar-refractivity contribution in [1.29, 1.82) is 0 Å². The highest BCUT2D eigenvalue weighted by atomic mass is 19.1. The molecule has 0 N–H and O–H groups in total. The van der Waals surface area contributed by atoms with Crippen LogP contribution in [0.15, 0.2) is 24.3 Å². The van der Waals surface area contributed by atoms with E-state index in [1.807, 2.05) is 11.8 Å². The van der Waals surface area contributed by atoms with Crippen LogP contribution in [0.2, 0.25) is 0 Å². The fourth-order valence-corrected chi connectivity index (χ4v) is 3.57. The summed E-state index contributed by atoms with van der Waals surface area (Å²) in [6, 6.07) is 5.54. The molecule has 0 saturated carbocycles. The third-order valence-corrected chi connectivity index (χ3v) is 5.02. The third kappa shape index (κ3) is 3.15. The lowest BCUT2D eigenvalue weighted by molar-refractivity contribution is -0.169. The molecule has 2 fully saturated rings. The molecule has 0 bridgehead atoms. The molecule has 3 atom stereocenters. The predicted molar refractivity (Wildman–Crippen MR) is 86.7 cm³/mol. The van der Waals surface area contributed by atoms with E-state index in [4.69, 9.17) is 4.74 Å². The summed E-state index contributed by atoms with van der Waals surface area (Å²) < 4.78 is 18.9. The van der Waals surface area contributed by atoms with Crippen LogP contribution in [0.25, 0.3) is 0 Å². The molecular weight excluding hydrogens is 311 g/mol. The summed E-state index contributed by atoms with van der Waals surface area (Å²) in [5, 5.41) is 0. The Morgan fingerprint density at radius 2 is 1.96 bits per heavy atom. The SMILES string of the molecule is CC1CCCCN1C(=O)C1OCC(=O)N(C)C1c1ccc(F)cc1. The molecule has 0 aliphatic carbocycles. The van der Waals surface area contributed by atoms with E-state index in [-0.39, 0.29) is 30.3 Å². The molecule has 0 aromatic heterocycles. The Bertz CT molecular complexity index is 619. The van der Waals surface area contributed by atoms with Gasteiger partial charge in [-0.2, -0.15) is 0 Å². The second-order valence-electron chi connectivity index (χ2n) is 6.61. The number of likely N-dealkylation sites (N-methyl/N-ethyl adjacent to an activating group) is 1. The van der Waals surface area contributed by atoms with Crippen molar-refractivity contribution in [2.45, 2.75) is 44.4 Å².